The predicted molar refractivity (Wildman–Crippen MR) is 87.2 cm³/mol. The van der Waals surface area contributed by atoms with Gasteiger partial charge in [-0.1, -0.05) is 38.0 Å². The van der Waals surface area contributed by atoms with Crippen molar-refractivity contribution in [1.29, 1.82) is 0 Å². The molecule has 120 valence electrons. The summed E-state index contributed by atoms with van der Waals surface area (Å²) < 4.78 is 0. The SMILES string of the molecule is C[C@@H]1C=C2[C@H]3CC[C@@H](O)[C@@]3(C)CC[C@@H]2[C@]2(C)CCC(=O)C=C12. The maximum Gasteiger partial charge on any atom is 0.155 e. The highest BCUT2D eigenvalue weighted by atomic mass is 16.3. The van der Waals surface area contributed by atoms with Gasteiger partial charge in [0.15, 0.2) is 5.78 Å². The van der Waals surface area contributed by atoms with E-state index in [0.717, 1.165) is 25.7 Å². The minimum atomic E-state index is -0.132. The molecule has 0 aromatic heterocycles. The zero-order chi connectivity index (χ0) is 15.7. The Hall–Kier alpha value is -0.890. The number of fused-ring (bicyclic) bond motifs is 5. The van der Waals surface area contributed by atoms with Gasteiger partial charge in [0.2, 0.25) is 0 Å². The lowest BCUT2D eigenvalue weighted by Gasteiger charge is -2.55. The number of ketones is 1. The second-order valence-corrected chi connectivity index (χ2v) is 8.68. The molecule has 4 rings (SSSR count). The number of hydrogen-bond acceptors (Lipinski definition) is 2. The van der Waals surface area contributed by atoms with E-state index >= 15 is 0 Å². The molecule has 4 aliphatic carbocycles. The summed E-state index contributed by atoms with van der Waals surface area (Å²) in [5.74, 6) is 1.83. The number of aliphatic hydroxyl groups is 1. The van der Waals surface area contributed by atoms with Gasteiger partial charge in [-0.05, 0) is 61.3 Å². The minimum Gasteiger partial charge on any atom is -0.393 e. The minimum absolute atomic E-state index is 0.0874. The molecule has 2 saturated carbocycles. The van der Waals surface area contributed by atoms with E-state index in [9.17, 15) is 9.90 Å². The Morgan fingerprint density at radius 2 is 1.91 bits per heavy atom. The van der Waals surface area contributed by atoms with Gasteiger partial charge in [-0.2, -0.15) is 0 Å². The van der Waals surface area contributed by atoms with E-state index in [-0.39, 0.29) is 16.9 Å². The second kappa shape index (κ2) is 4.56. The van der Waals surface area contributed by atoms with Crippen molar-refractivity contribution < 1.29 is 9.90 Å². The summed E-state index contributed by atoms with van der Waals surface area (Å²) >= 11 is 0. The van der Waals surface area contributed by atoms with Crippen LogP contribution in [0.3, 0.4) is 0 Å². The van der Waals surface area contributed by atoms with Crippen LogP contribution in [0.1, 0.15) is 59.3 Å². The van der Waals surface area contributed by atoms with Crippen molar-refractivity contribution in [3.05, 3.63) is 23.3 Å². The van der Waals surface area contributed by atoms with E-state index in [1.165, 1.54) is 12.0 Å². The van der Waals surface area contributed by atoms with Gasteiger partial charge in [0.25, 0.3) is 0 Å². The van der Waals surface area contributed by atoms with Crippen LogP contribution in [0.2, 0.25) is 0 Å². The van der Waals surface area contributed by atoms with E-state index in [1.54, 1.807) is 5.57 Å². The van der Waals surface area contributed by atoms with Gasteiger partial charge < -0.3 is 5.11 Å². The van der Waals surface area contributed by atoms with E-state index in [4.69, 9.17) is 0 Å². The van der Waals surface area contributed by atoms with Gasteiger partial charge in [-0.3, -0.25) is 4.79 Å². The van der Waals surface area contributed by atoms with Crippen LogP contribution in [0.4, 0.5) is 0 Å². The van der Waals surface area contributed by atoms with Gasteiger partial charge in [-0.25, -0.2) is 0 Å². The average molecular weight is 300 g/mol. The highest BCUT2D eigenvalue weighted by Gasteiger charge is 2.56. The van der Waals surface area contributed by atoms with Crippen molar-refractivity contribution in [3.8, 4) is 0 Å². The van der Waals surface area contributed by atoms with Crippen molar-refractivity contribution in [1.82, 2.24) is 0 Å². The Bertz CT molecular complexity index is 587. The predicted octanol–water partition coefficient (Wildman–Crippen LogP) is 4.05. The Kier molecular flexibility index (Phi) is 3.05. The molecule has 0 aromatic rings. The quantitative estimate of drug-likeness (QED) is 0.685. The fourth-order valence-corrected chi connectivity index (χ4v) is 6.23. The first-order valence-corrected chi connectivity index (χ1v) is 9.01. The molecule has 0 heterocycles. The summed E-state index contributed by atoms with van der Waals surface area (Å²) in [5, 5.41) is 10.5. The first-order valence-electron chi connectivity index (χ1n) is 9.01. The number of aliphatic hydroxyl groups excluding tert-OH is 1. The molecule has 0 aromatic carbocycles. The molecule has 0 amide bonds. The normalized spacial score (nSPS) is 50.6. The number of rotatable bonds is 0. The third kappa shape index (κ3) is 1.73. The number of allylic oxidation sites excluding steroid dienone is 4. The smallest absolute Gasteiger partial charge is 0.155 e. The Labute approximate surface area is 133 Å². The largest absolute Gasteiger partial charge is 0.393 e. The third-order valence-corrected chi connectivity index (χ3v) is 7.63. The van der Waals surface area contributed by atoms with E-state index in [0.29, 0.717) is 30.0 Å². The summed E-state index contributed by atoms with van der Waals surface area (Å²) in [6.07, 6.45) is 10.4. The summed E-state index contributed by atoms with van der Waals surface area (Å²) in [4.78, 5) is 11.9. The zero-order valence-electron chi connectivity index (χ0n) is 14.1. The average Bonchev–Trinajstić information content (AvgIpc) is 2.77. The monoisotopic (exact) mass is 300 g/mol. The Morgan fingerprint density at radius 3 is 2.68 bits per heavy atom. The molecule has 0 unspecified atom stereocenters. The van der Waals surface area contributed by atoms with Crippen molar-refractivity contribution >= 4 is 5.78 Å². The van der Waals surface area contributed by atoms with Gasteiger partial charge in [-0.15, -0.1) is 0 Å². The molecule has 1 N–H and O–H groups in total. The summed E-state index contributed by atoms with van der Waals surface area (Å²) in [6, 6.07) is 0. The Balaban J connectivity index is 1.81. The molecule has 22 heavy (non-hydrogen) atoms. The lowest BCUT2D eigenvalue weighted by atomic mass is 9.49. The molecule has 2 fully saturated rings. The highest BCUT2D eigenvalue weighted by molar-refractivity contribution is 5.92. The fraction of sp³-hybridized carbons (Fsp3) is 0.750. The van der Waals surface area contributed by atoms with Crippen LogP contribution in [0, 0.1) is 28.6 Å². The second-order valence-electron chi connectivity index (χ2n) is 8.68. The Morgan fingerprint density at radius 1 is 1.14 bits per heavy atom. The van der Waals surface area contributed by atoms with E-state index in [2.05, 4.69) is 26.8 Å². The molecule has 4 aliphatic rings. The van der Waals surface area contributed by atoms with Crippen LogP contribution < -0.4 is 0 Å². The van der Waals surface area contributed by atoms with Gasteiger partial charge in [0.1, 0.15) is 0 Å². The molecule has 0 aliphatic heterocycles. The van der Waals surface area contributed by atoms with Crippen LogP contribution in [0.15, 0.2) is 23.3 Å². The fourth-order valence-electron chi connectivity index (χ4n) is 6.23. The number of carbonyl (C=O) groups is 1. The van der Waals surface area contributed by atoms with Crippen molar-refractivity contribution in [2.24, 2.45) is 28.6 Å². The van der Waals surface area contributed by atoms with E-state index < -0.39 is 0 Å². The maximum absolute atomic E-state index is 11.9. The molecule has 0 radical (unpaired) electrons. The van der Waals surface area contributed by atoms with Crippen molar-refractivity contribution in [2.75, 3.05) is 0 Å². The molecule has 2 nitrogen and oxygen atoms in total. The van der Waals surface area contributed by atoms with Crippen LogP contribution in [-0.2, 0) is 4.79 Å². The molecule has 6 atom stereocenters. The maximum atomic E-state index is 11.9. The van der Waals surface area contributed by atoms with Gasteiger partial charge in [0.05, 0.1) is 6.10 Å². The molecule has 0 bridgehead atoms. The number of hydrogen-bond donors (Lipinski definition) is 1. The first-order chi connectivity index (χ1) is 10.4. The first kappa shape index (κ1) is 14.7. The zero-order valence-corrected chi connectivity index (χ0v) is 14.1. The molecule has 2 heteroatoms. The van der Waals surface area contributed by atoms with Crippen LogP contribution in [0.25, 0.3) is 0 Å². The number of carbonyl (C=O) groups excluding carboxylic acids is 1. The topological polar surface area (TPSA) is 37.3 Å². The summed E-state index contributed by atoms with van der Waals surface area (Å²) in [5.41, 5.74) is 3.25. The third-order valence-electron chi connectivity index (χ3n) is 7.63. The van der Waals surface area contributed by atoms with E-state index in [1.807, 2.05) is 6.08 Å². The lowest BCUT2D eigenvalue weighted by Crippen LogP contribution is -2.47. The molecular weight excluding hydrogens is 272 g/mol. The van der Waals surface area contributed by atoms with Gasteiger partial charge >= 0.3 is 0 Å². The van der Waals surface area contributed by atoms with Gasteiger partial charge in [0, 0.05) is 11.8 Å². The standard InChI is InChI=1S/C20H28O2/c1-12-10-14-15-4-5-18(22)20(15,3)9-7-16(14)19(2)8-6-13(21)11-17(12)19/h10-12,15-16,18,22H,4-9H2,1-3H3/t12-,15-,16+,18-,19+,20+/m1/s1. The summed E-state index contributed by atoms with van der Waals surface area (Å²) in [6.45, 7) is 6.95. The van der Waals surface area contributed by atoms with Crippen LogP contribution in [-0.4, -0.2) is 17.0 Å². The molecule has 0 spiro atoms. The van der Waals surface area contributed by atoms with Crippen molar-refractivity contribution in [2.45, 2.75) is 65.4 Å². The van der Waals surface area contributed by atoms with Crippen LogP contribution >= 0.6 is 0 Å². The molecular formula is C20H28O2. The van der Waals surface area contributed by atoms with Crippen LogP contribution in [0.5, 0.6) is 0 Å². The van der Waals surface area contributed by atoms with Crippen molar-refractivity contribution in [3.63, 3.8) is 0 Å². The lowest BCUT2D eigenvalue weighted by molar-refractivity contribution is -0.116. The summed E-state index contributed by atoms with van der Waals surface area (Å²) in [7, 11) is 0. The molecule has 0 saturated heterocycles. The highest BCUT2D eigenvalue weighted by Crippen LogP contribution is 2.64.